The lowest BCUT2D eigenvalue weighted by Gasteiger charge is -2.53. The van der Waals surface area contributed by atoms with Gasteiger partial charge in [0.15, 0.2) is 8.32 Å². The highest BCUT2D eigenvalue weighted by atomic mass is 28.4. The quantitative estimate of drug-likeness (QED) is 0.664. The molecule has 0 radical (unpaired) electrons. The zero-order chi connectivity index (χ0) is 17.3. The van der Waals surface area contributed by atoms with Crippen LogP contribution in [0.1, 0.15) is 47.5 Å². The minimum absolute atomic E-state index is 0.234. The Morgan fingerprint density at radius 2 is 1.33 bits per heavy atom. The molecule has 0 aromatic heterocycles. The van der Waals surface area contributed by atoms with Crippen molar-refractivity contribution in [1.82, 2.24) is 0 Å². The van der Waals surface area contributed by atoms with Crippen LogP contribution in [0.15, 0.2) is 0 Å². The van der Waals surface area contributed by atoms with Crippen molar-refractivity contribution in [1.29, 1.82) is 0 Å². The topological polar surface area (TPSA) is 58.9 Å². The molecular formula is C15H36O4Si2. The van der Waals surface area contributed by atoms with Gasteiger partial charge in [0.25, 0.3) is 0 Å². The Morgan fingerprint density at radius 1 is 0.905 bits per heavy atom. The van der Waals surface area contributed by atoms with Crippen LogP contribution in [0.25, 0.3) is 0 Å². The molecule has 0 bridgehead atoms. The molecule has 0 spiro atoms. The summed E-state index contributed by atoms with van der Waals surface area (Å²) < 4.78 is 12.0. The summed E-state index contributed by atoms with van der Waals surface area (Å²) in [5.41, 5.74) is -1.24. The summed E-state index contributed by atoms with van der Waals surface area (Å²) in [5, 5.41) is 9.88. The van der Waals surface area contributed by atoms with Crippen molar-refractivity contribution in [2.24, 2.45) is 0 Å². The van der Waals surface area contributed by atoms with Gasteiger partial charge in [0.05, 0.1) is 11.2 Å². The summed E-state index contributed by atoms with van der Waals surface area (Å²) in [6.45, 7) is 17.8. The first kappa shape index (κ1) is 21.3. The lowest BCUT2D eigenvalue weighted by Crippen LogP contribution is -2.58. The fraction of sp³-hybridized carbons (Fsp3) is 1.00. The maximum Gasteiger partial charge on any atom is 0.329 e. The maximum absolute atomic E-state index is 10.2. The van der Waals surface area contributed by atoms with Crippen LogP contribution in [-0.4, -0.2) is 45.1 Å². The number of rotatable bonds is 8. The van der Waals surface area contributed by atoms with Gasteiger partial charge in [0.1, 0.15) is 0 Å². The molecule has 21 heavy (non-hydrogen) atoms. The highest BCUT2D eigenvalue weighted by molar-refractivity contribution is 6.74. The third-order valence-electron chi connectivity index (χ3n) is 4.91. The Bertz CT molecular complexity index is 343. The summed E-state index contributed by atoms with van der Waals surface area (Å²) in [4.78, 5) is 10.2. The van der Waals surface area contributed by atoms with E-state index in [1.54, 1.807) is 20.2 Å². The zero-order valence-electron chi connectivity index (χ0n) is 15.6. The van der Waals surface area contributed by atoms with Gasteiger partial charge in [0, 0.05) is 12.1 Å². The molecule has 0 rings (SSSR count). The van der Waals surface area contributed by atoms with Crippen molar-refractivity contribution < 1.29 is 18.8 Å². The summed E-state index contributed by atoms with van der Waals surface area (Å²) in [6, 6.07) is 0. The van der Waals surface area contributed by atoms with Crippen molar-refractivity contribution in [3.8, 4) is 0 Å². The monoisotopic (exact) mass is 336 g/mol. The van der Waals surface area contributed by atoms with Gasteiger partial charge in [-0.2, -0.15) is 0 Å². The van der Waals surface area contributed by atoms with Gasteiger partial charge in [-0.15, -0.1) is 0 Å². The van der Waals surface area contributed by atoms with Gasteiger partial charge in [-0.05, 0) is 66.7 Å². The van der Waals surface area contributed by atoms with Crippen LogP contribution < -0.4 is 0 Å². The minimum Gasteiger partial charge on any atom is -0.420 e. The van der Waals surface area contributed by atoms with Gasteiger partial charge in [-0.25, -0.2) is 0 Å². The molecule has 4 nitrogen and oxygen atoms in total. The largest absolute Gasteiger partial charge is 0.420 e. The molecule has 0 amide bonds. The Labute approximate surface area is 133 Å². The lowest BCUT2D eigenvalue weighted by atomic mass is 9.84. The second-order valence-electron chi connectivity index (χ2n) is 8.42. The zero-order valence-corrected chi connectivity index (χ0v) is 17.6. The molecular weight excluding hydrogens is 300 g/mol. The highest BCUT2D eigenvalue weighted by Gasteiger charge is 2.56. The van der Waals surface area contributed by atoms with E-state index in [-0.39, 0.29) is 5.04 Å². The highest BCUT2D eigenvalue weighted by Crippen LogP contribution is 2.54. The van der Waals surface area contributed by atoms with Gasteiger partial charge in [0.2, 0.25) is 0 Å². The van der Waals surface area contributed by atoms with E-state index >= 15 is 0 Å². The summed E-state index contributed by atoms with van der Waals surface area (Å²) >= 11 is 0. The molecule has 0 fully saturated rings. The van der Waals surface area contributed by atoms with Crippen LogP contribution >= 0.6 is 0 Å². The van der Waals surface area contributed by atoms with E-state index in [4.69, 9.17) is 8.85 Å². The molecule has 0 saturated carbocycles. The van der Waals surface area contributed by atoms with E-state index in [1.807, 2.05) is 27.7 Å². The van der Waals surface area contributed by atoms with E-state index in [0.29, 0.717) is 6.42 Å². The van der Waals surface area contributed by atoms with Crippen LogP contribution in [0.2, 0.25) is 31.2 Å². The average molecular weight is 337 g/mol. The number of aliphatic hydroxyl groups is 1. The normalized spacial score (nSPS) is 17.7. The molecule has 0 saturated heterocycles. The molecule has 0 aliphatic heterocycles. The smallest absolute Gasteiger partial charge is 0.329 e. The minimum atomic E-state index is -2.66. The van der Waals surface area contributed by atoms with E-state index in [9.17, 15) is 9.90 Å². The average Bonchev–Trinajstić information content (AvgIpc) is 2.20. The molecule has 0 aliphatic carbocycles. The molecule has 2 N–H and O–H groups in total. The molecule has 0 aromatic rings. The van der Waals surface area contributed by atoms with Crippen LogP contribution in [0.5, 0.6) is 0 Å². The summed E-state index contributed by atoms with van der Waals surface area (Å²) in [7, 11) is -3.00. The third-order valence-corrected chi connectivity index (χ3v) is 10.4. The molecule has 128 valence electrons. The first-order valence-corrected chi connectivity index (χ1v) is 13.4. The van der Waals surface area contributed by atoms with Gasteiger partial charge < -0.3 is 18.8 Å². The van der Waals surface area contributed by atoms with E-state index in [1.165, 1.54) is 0 Å². The summed E-state index contributed by atoms with van der Waals surface area (Å²) in [6.07, 6.45) is 1.46. The molecule has 1 atom stereocenters. The second kappa shape index (κ2) is 6.41. The fourth-order valence-corrected chi connectivity index (χ4v) is 7.10. The third kappa shape index (κ3) is 5.76. The maximum atomic E-state index is 10.2. The van der Waals surface area contributed by atoms with Crippen LogP contribution in [-0.2, 0) is 8.85 Å². The van der Waals surface area contributed by atoms with Crippen LogP contribution in [0.3, 0.4) is 0 Å². The lowest BCUT2D eigenvalue weighted by molar-refractivity contribution is 0.00164. The van der Waals surface area contributed by atoms with Crippen molar-refractivity contribution in [3.63, 3.8) is 0 Å². The van der Waals surface area contributed by atoms with E-state index < -0.39 is 28.1 Å². The number of hydrogen-bond acceptors (Lipinski definition) is 4. The molecule has 6 heteroatoms. The van der Waals surface area contributed by atoms with Crippen LogP contribution in [0, 0.1) is 0 Å². The van der Waals surface area contributed by atoms with Gasteiger partial charge >= 0.3 is 8.56 Å². The molecule has 0 aliphatic rings. The van der Waals surface area contributed by atoms with Crippen molar-refractivity contribution in [3.05, 3.63) is 0 Å². The Kier molecular flexibility index (Phi) is 6.49. The molecule has 1 unspecified atom stereocenters. The van der Waals surface area contributed by atoms with Crippen molar-refractivity contribution >= 4 is 16.9 Å². The van der Waals surface area contributed by atoms with Gasteiger partial charge in [-0.3, -0.25) is 0 Å². The van der Waals surface area contributed by atoms with Crippen molar-refractivity contribution in [2.45, 2.75) is 89.9 Å². The van der Waals surface area contributed by atoms with E-state index in [2.05, 4.69) is 20.0 Å². The van der Waals surface area contributed by atoms with Crippen LogP contribution in [0.4, 0.5) is 0 Å². The Balaban J connectivity index is 5.61. The Hall–Kier alpha value is 0.274. The predicted octanol–water partition coefficient (Wildman–Crippen LogP) is 3.64. The SMILES string of the molecule is CO[Si](C)(C)C(C)(CCC(C)(C)O)C(C)(C)O[Si](C)(C)O. The molecule has 0 aromatic carbocycles. The fourth-order valence-electron chi connectivity index (χ4n) is 2.85. The first-order valence-electron chi connectivity index (χ1n) is 7.67. The summed E-state index contributed by atoms with van der Waals surface area (Å²) in [5.74, 6) is 0. The van der Waals surface area contributed by atoms with E-state index in [0.717, 1.165) is 6.42 Å². The first-order chi connectivity index (χ1) is 8.97. The predicted molar refractivity (Wildman–Crippen MR) is 93.3 cm³/mol. The Morgan fingerprint density at radius 3 is 1.62 bits per heavy atom. The van der Waals surface area contributed by atoms with Crippen molar-refractivity contribution in [2.75, 3.05) is 7.11 Å². The molecule has 0 heterocycles. The number of hydrogen-bond donors (Lipinski definition) is 2. The standard InChI is InChI=1S/C15H36O4Si2/c1-13(2,16)11-12-15(5,20(7,8)18-6)14(3,4)19-21(9,10)17/h16-17H,11-12H2,1-10H3. The van der Waals surface area contributed by atoms with Gasteiger partial charge in [-0.1, -0.05) is 6.92 Å². The second-order valence-corrected chi connectivity index (χ2v) is 16.0.